The first kappa shape index (κ1) is 25.3. The predicted octanol–water partition coefficient (Wildman–Crippen LogP) is 6.27. The van der Waals surface area contributed by atoms with E-state index in [-0.39, 0.29) is 12.4 Å². The van der Waals surface area contributed by atoms with E-state index in [2.05, 4.69) is 25.6 Å². The van der Waals surface area contributed by atoms with Gasteiger partial charge in [-0.25, -0.2) is 4.98 Å². The quantitative estimate of drug-likeness (QED) is 0.178. The molecule has 1 aromatic heterocycles. The van der Waals surface area contributed by atoms with Crippen LogP contribution in [-0.2, 0) is 6.61 Å². The van der Waals surface area contributed by atoms with E-state index >= 15 is 0 Å². The van der Waals surface area contributed by atoms with E-state index in [0.29, 0.717) is 16.5 Å². The number of hydrogen-bond acceptors (Lipinski definition) is 5. The molecule has 11 heteroatoms. The zero-order valence-electron chi connectivity index (χ0n) is 20.3. The maximum atomic E-state index is 12.4. The van der Waals surface area contributed by atoms with Crippen molar-refractivity contribution >= 4 is 29.2 Å². The van der Waals surface area contributed by atoms with Crippen molar-refractivity contribution in [2.75, 3.05) is 5.32 Å². The van der Waals surface area contributed by atoms with Gasteiger partial charge < -0.3 is 14.8 Å². The van der Waals surface area contributed by atoms with Crippen molar-refractivity contribution in [3.63, 3.8) is 0 Å². The lowest BCUT2D eigenvalue weighted by Gasteiger charge is -2.19. The normalized spacial score (nSPS) is 12.4. The number of ether oxygens (including phenoxy) is 2. The Morgan fingerprint density at radius 3 is 2.55 bits per heavy atom. The topological polar surface area (TPSA) is 72.7 Å². The van der Waals surface area contributed by atoms with Gasteiger partial charge >= 0.3 is 6.36 Å². The van der Waals surface area contributed by atoms with Crippen LogP contribution in [-0.4, -0.2) is 27.2 Å². The number of halogens is 3. The number of thiocarbonyl (C=S) groups is 1. The molecule has 1 aliphatic heterocycles. The molecule has 0 aliphatic carbocycles. The zero-order chi connectivity index (χ0) is 26.9. The van der Waals surface area contributed by atoms with Crippen molar-refractivity contribution in [3.8, 4) is 28.4 Å². The number of para-hydroxylation sites is 1. The molecule has 0 bridgehead atoms. The van der Waals surface area contributed by atoms with Crippen LogP contribution in [0.5, 0.6) is 11.5 Å². The lowest BCUT2D eigenvalue weighted by molar-refractivity contribution is -0.274. The second-order valence-corrected chi connectivity index (χ2v) is 9.00. The summed E-state index contributed by atoms with van der Waals surface area (Å²) in [6.07, 6.45) is -1.48. The van der Waals surface area contributed by atoms with Gasteiger partial charge in [0.2, 0.25) is 0 Å². The van der Waals surface area contributed by atoms with E-state index in [9.17, 15) is 13.2 Å². The third-order valence-corrected chi connectivity index (χ3v) is 6.13. The fourth-order valence-electron chi connectivity index (χ4n) is 4.17. The Bertz CT molecular complexity index is 1510. The second kappa shape index (κ2) is 10.2. The van der Waals surface area contributed by atoms with Crippen LogP contribution in [0.25, 0.3) is 16.9 Å². The summed E-state index contributed by atoms with van der Waals surface area (Å²) >= 11 is 5.36. The summed E-state index contributed by atoms with van der Waals surface area (Å²) in [5, 5.41) is 7.77. The fraction of sp³-hybridized carbons (Fsp3) is 0.148. The van der Waals surface area contributed by atoms with Gasteiger partial charge in [0, 0.05) is 16.9 Å². The number of nitrogens with one attached hydrogen (secondary N) is 2. The molecule has 38 heavy (non-hydrogen) atoms. The highest BCUT2D eigenvalue weighted by atomic mass is 32.1. The van der Waals surface area contributed by atoms with Gasteiger partial charge in [-0.05, 0) is 79.2 Å². The fourth-order valence-corrected chi connectivity index (χ4v) is 4.32. The molecule has 0 saturated heterocycles. The van der Waals surface area contributed by atoms with Crippen LogP contribution >= 0.6 is 12.2 Å². The Labute approximate surface area is 221 Å². The SMILES string of the molecule is Cc1cccc(C)c1NC(=S)NN=Cc1ccc2c(c1)OCc1c-2ncn1-c1ccc(OC(F)(F)F)cc1. The summed E-state index contributed by atoms with van der Waals surface area (Å²) in [4.78, 5) is 4.53. The Hall–Kier alpha value is -4.38. The monoisotopic (exact) mass is 537 g/mol. The van der Waals surface area contributed by atoms with E-state index in [0.717, 1.165) is 39.3 Å². The first-order valence-electron chi connectivity index (χ1n) is 11.5. The first-order chi connectivity index (χ1) is 18.2. The first-order valence-corrected chi connectivity index (χ1v) is 11.9. The van der Waals surface area contributed by atoms with E-state index in [4.69, 9.17) is 17.0 Å². The standard InChI is InChI=1S/C27H22F3N5O2S/c1-16-4-3-5-17(2)24(16)33-26(38)34-32-13-18-6-11-21-23(12-18)36-14-22-25(21)31-15-35(22)19-7-9-20(10-8-19)37-27(28,29)30/h3-13,15H,14H2,1-2H3,(H2,33,34,38). The van der Waals surface area contributed by atoms with Crippen LogP contribution in [0.15, 0.2) is 72.1 Å². The Balaban J connectivity index is 1.28. The summed E-state index contributed by atoms with van der Waals surface area (Å²) < 4.78 is 49.0. The number of alkyl halides is 3. The predicted molar refractivity (Wildman–Crippen MR) is 143 cm³/mol. The van der Waals surface area contributed by atoms with Gasteiger partial charge in [0.15, 0.2) is 5.11 Å². The maximum absolute atomic E-state index is 12.4. The van der Waals surface area contributed by atoms with Crippen LogP contribution in [0, 0.1) is 13.8 Å². The number of imidazole rings is 1. The highest BCUT2D eigenvalue weighted by Crippen LogP contribution is 2.38. The van der Waals surface area contributed by atoms with Crippen LogP contribution in [0.2, 0.25) is 0 Å². The molecule has 1 aliphatic rings. The number of nitrogens with zero attached hydrogens (tertiary/aromatic N) is 3. The minimum Gasteiger partial charge on any atom is -0.487 e. The number of anilines is 1. The molecule has 0 spiro atoms. The average molecular weight is 538 g/mol. The van der Waals surface area contributed by atoms with E-state index in [1.807, 2.05) is 50.2 Å². The van der Waals surface area contributed by atoms with Gasteiger partial charge in [-0.1, -0.05) is 24.3 Å². The molecule has 0 unspecified atom stereocenters. The lowest BCUT2D eigenvalue weighted by Crippen LogP contribution is -2.24. The van der Waals surface area contributed by atoms with Crippen LogP contribution in [0.3, 0.4) is 0 Å². The zero-order valence-corrected chi connectivity index (χ0v) is 21.2. The molecule has 7 nitrogen and oxygen atoms in total. The number of hydrogen-bond donors (Lipinski definition) is 2. The van der Waals surface area contributed by atoms with Gasteiger partial charge in [-0.15, -0.1) is 13.2 Å². The minimum absolute atomic E-state index is 0.242. The van der Waals surface area contributed by atoms with Gasteiger partial charge in [0.1, 0.15) is 24.4 Å². The van der Waals surface area contributed by atoms with E-state index in [1.54, 1.807) is 17.1 Å². The Morgan fingerprint density at radius 2 is 1.84 bits per heavy atom. The summed E-state index contributed by atoms with van der Waals surface area (Å²) in [6.45, 7) is 4.25. The summed E-state index contributed by atoms with van der Waals surface area (Å²) in [5.74, 6) is 0.360. The van der Waals surface area contributed by atoms with Gasteiger partial charge in [0.05, 0.1) is 17.6 Å². The molecule has 2 heterocycles. The molecular weight excluding hydrogens is 515 g/mol. The van der Waals surface area contributed by atoms with E-state index in [1.165, 1.54) is 24.3 Å². The highest BCUT2D eigenvalue weighted by molar-refractivity contribution is 7.80. The van der Waals surface area contributed by atoms with Gasteiger partial charge in [-0.2, -0.15) is 5.10 Å². The number of aromatic nitrogens is 2. The molecule has 0 atom stereocenters. The average Bonchev–Trinajstić information content (AvgIpc) is 3.30. The van der Waals surface area contributed by atoms with E-state index < -0.39 is 6.36 Å². The minimum atomic E-state index is -4.74. The molecule has 4 aromatic rings. The number of rotatable bonds is 5. The number of benzene rings is 3. The van der Waals surface area contributed by atoms with Crippen molar-refractivity contribution in [2.24, 2.45) is 5.10 Å². The smallest absolute Gasteiger partial charge is 0.487 e. The molecule has 0 saturated carbocycles. The van der Waals surface area contributed by atoms with Crippen molar-refractivity contribution in [3.05, 3.63) is 89.4 Å². The van der Waals surface area contributed by atoms with Crippen molar-refractivity contribution in [1.82, 2.24) is 15.0 Å². The summed E-state index contributed by atoms with van der Waals surface area (Å²) in [6, 6.07) is 17.2. The lowest BCUT2D eigenvalue weighted by atomic mass is 10.0. The molecule has 194 valence electrons. The maximum Gasteiger partial charge on any atom is 0.573 e. The molecule has 0 fully saturated rings. The molecule has 3 aromatic carbocycles. The van der Waals surface area contributed by atoms with Crippen LogP contribution < -0.4 is 20.2 Å². The molecule has 5 rings (SSSR count). The highest BCUT2D eigenvalue weighted by Gasteiger charge is 2.31. The Morgan fingerprint density at radius 1 is 1.11 bits per heavy atom. The third kappa shape index (κ3) is 5.47. The van der Waals surface area contributed by atoms with Crippen LogP contribution in [0.4, 0.5) is 18.9 Å². The summed E-state index contributed by atoms with van der Waals surface area (Å²) in [5.41, 5.74) is 9.71. The number of fused-ring (bicyclic) bond motifs is 3. The van der Waals surface area contributed by atoms with Crippen molar-refractivity contribution in [1.29, 1.82) is 0 Å². The molecular formula is C27H22F3N5O2S. The van der Waals surface area contributed by atoms with Crippen molar-refractivity contribution < 1.29 is 22.6 Å². The molecule has 0 amide bonds. The van der Waals surface area contributed by atoms with Crippen molar-refractivity contribution in [2.45, 2.75) is 26.8 Å². The third-order valence-electron chi connectivity index (χ3n) is 5.94. The van der Waals surface area contributed by atoms with Gasteiger partial charge in [0.25, 0.3) is 0 Å². The summed E-state index contributed by atoms with van der Waals surface area (Å²) in [7, 11) is 0. The van der Waals surface area contributed by atoms with Crippen LogP contribution in [0.1, 0.15) is 22.4 Å². The largest absolute Gasteiger partial charge is 0.573 e. The molecule has 2 N–H and O–H groups in total. The molecule has 0 radical (unpaired) electrons. The van der Waals surface area contributed by atoms with Gasteiger partial charge in [-0.3, -0.25) is 9.99 Å². The second-order valence-electron chi connectivity index (χ2n) is 8.59. The number of aryl methyl sites for hydroxylation is 2. The number of hydrazone groups is 1. The Kier molecular flexibility index (Phi) is 6.77.